The number of aromatic nitrogens is 3. The number of hydrogen-bond acceptors (Lipinski definition) is 3. The van der Waals surface area contributed by atoms with Gasteiger partial charge in [0.05, 0.1) is 0 Å². The van der Waals surface area contributed by atoms with E-state index in [0.29, 0.717) is 0 Å². The van der Waals surface area contributed by atoms with Gasteiger partial charge in [-0.25, -0.2) is 0 Å². The summed E-state index contributed by atoms with van der Waals surface area (Å²) in [4.78, 5) is 1.65. The van der Waals surface area contributed by atoms with Crippen molar-refractivity contribution in [2.45, 2.75) is 45.6 Å². The second kappa shape index (κ2) is 8.57. The molecule has 0 saturated heterocycles. The van der Waals surface area contributed by atoms with Gasteiger partial charge in [-0.3, -0.25) is 0 Å². The lowest BCUT2D eigenvalue weighted by Gasteiger charge is -2.04. The summed E-state index contributed by atoms with van der Waals surface area (Å²) in [6, 6.07) is 10.3. The fourth-order valence-electron chi connectivity index (χ4n) is 2.45. The number of unbranched alkanes of at least 4 members (excludes halogenated alkanes) is 4. The van der Waals surface area contributed by atoms with Crippen molar-refractivity contribution in [1.82, 2.24) is 20.3 Å². The minimum atomic E-state index is 0.784. The second-order valence-corrected chi connectivity index (χ2v) is 5.44. The summed E-state index contributed by atoms with van der Waals surface area (Å²) in [6.45, 7) is 4.08. The van der Waals surface area contributed by atoms with E-state index < -0.39 is 0 Å². The Labute approximate surface area is 127 Å². The highest BCUT2D eigenvalue weighted by atomic mass is 15.5. The summed E-state index contributed by atoms with van der Waals surface area (Å²) in [5.41, 5.74) is 3.14. The van der Waals surface area contributed by atoms with Crippen molar-refractivity contribution in [3.8, 4) is 11.3 Å². The second-order valence-electron chi connectivity index (χ2n) is 5.44. The minimum Gasteiger partial charge on any atom is -0.311 e. The van der Waals surface area contributed by atoms with E-state index in [0.717, 1.165) is 30.0 Å². The summed E-state index contributed by atoms with van der Waals surface area (Å²) < 4.78 is 0. The maximum atomic E-state index is 4.49. The van der Waals surface area contributed by atoms with E-state index in [2.05, 4.69) is 34.6 Å². The molecule has 0 spiro atoms. The summed E-state index contributed by atoms with van der Waals surface area (Å²) in [6.07, 6.45) is 6.54. The summed E-state index contributed by atoms with van der Waals surface area (Å²) >= 11 is 0. The molecule has 21 heavy (non-hydrogen) atoms. The van der Waals surface area contributed by atoms with Gasteiger partial charge in [-0.05, 0) is 13.0 Å². The molecule has 0 radical (unpaired) electrons. The average Bonchev–Trinajstić information content (AvgIpc) is 2.88. The zero-order chi connectivity index (χ0) is 14.9. The van der Waals surface area contributed by atoms with Gasteiger partial charge in [0.2, 0.25) is 0 Å². The van der Waals surface area contributed by atoms with Gasteiger partial charge in [0.25, 0.3) is 0 Å². The normalized spacial score (nSPS) is 11.0. The average molecular weight is 286 g/mol. The van der Waals surface area contributed by atoms with Crippen molar-refractivity contribution in [2.24, 2.45) is 7.05 Å². The largest absolute Gasteiger partial charge is 0.311 e. The molecule has 4 nitrogen and oxygen atoms in total. The van der Waals surface area contributed by atoms with Crippen LogP contribution in [-0.4, -0.2) is 21.5 Å². The first kappa shape index (κ1) is 15.7. The molecule has 1 heterocycles. The number of nitrogens with zero attached hydrogens (tertiary/aromatic N) is 3. The Hall–Kier alpha value is -1.68. The van der Waals surface area contributed by atoms with Crippen molar-refractivity contribution in [3.05, 3.63) is 36.0 Å². The quantitative estimate of drug-likeness (QED) is 0.717. The highest BCUT2D eigenvalue weighted by Gasteiger charge is 2.10. The van der Waals surface area contributed by atoms with Crippen LogP contribution < -0.4 is 5.32 Å². The third-order valence-electron chi connectivity index (χ3n) is 3.58. The Balaban J connectivity index is 1.84. The predicted molar refractivity (Wildman–Crippen MR) is 86.9 cm³/mol. The Morgan fingerprint density at radius 3 is 2.52 bits per heavy atom. The van der Waals surface area contributed by atoms with Gasteiger partial charge >= 0.3 is 0 Å². The van der Waals surface area contributed by atoms with Gasteiger partial charge in [-0.15, -0.1) is 0 Å². The molecule has 114 valence electrons. The van der Waals surface area contributed by atoms with Gasteiger partial charge in [0.15, 0.2) is 0 Å². The van der Waals surface area contributed by atoms with Crippen LogP contribution in [0.5, 0.6) is 0 Å². The molecule has 0 aliphatic rings. The molecule has 0 saturated carbocycles. The van der Waals surface area contributed by atoms with Crippen LogP contribution in [0.4, 0.5) is 0 Å². The summed E-state index contributed by atoms with van der Waals surface area (Å²) in [5.74, 6) is 0. The molecule has 0 amide bonds. The van der Waals surface area contributed by atoms with Gasteiger partial charge in [-0.1, -0.05) is 62.9 Å². The van der Waals surface area contributed by atoms with E-state index in [9.17, 15) is 0 Å². The van der Waals surface area contributed by atoms with Crippen LogP contribution in [0, 0.1) is 0 Å². The van der Waals surface area contributed by atoms with Gasteiger partial charge in [0.1, 0.15) is 11.4 Å². The van der Waals surface area contributed by atoms with Crippen LogP contribution >= 0.6 is 0 Å². The first-order valence-electron chi connectivity index (χ1n) is 7.97. The molecule has 0 atom stereocenters. The zero-order valence-electron chi connectivity index (χ0n) is 13.2. The van der Waals surface area contributed by atoms with Crippen molar-refractivity contribution in [3.63, 3.8) is 0 Å². The molecule has 0 aliphatic carbocycles. The van der Waals surface area contributed by atoms with E-state index in [-0.39, 0.29) is 0 Å². The van der Waals surface area contributed by atoms with E-state index >= 15 is 0 Å². The van der Waals surface area contributed by atoms with Crippen LogP contribution in [-0.2, 0) is 13.6 Å². The van der Waals surface area contributed by atoms with Gasteiger partial charge < -0.3 is 5.32 Å². The van der Waals surface area contributed by atoms with Crippen molar-refractivity contribution in [1.29, 1.82) is 0 Å². The molecule has 0 bridgehead atoms. The molecule has 1 aromatic heterocycles. The third-order valence-corrected chi connectivity index (χ3v) is 3.58. The molecule has 4 heteroatoms. The molecule has 0 aliphatic heterocycles. The van der Waals surface area contributed by atoms with E-state index in [1.165, 1.54) is 32.1 Å². The molecular formula is C17H26N4. The van der Waals surface area contributed by atoms with Crippen LogP contribution in [0.3, 0.4) is 0 Å². The Morgan fingerprint density at radius 2 is 1.76 bits per heavy atom. The Bertz CT molecular complexity index is 519. The monoisotopic (exact) mass is 286 g/mol. The lowest BCUT2D eigenvalue weighted by Crippen LogP contribution is -2.15. The standard InChI is InChI=1S/C17H26N4/c1-3-4-5-6-10-13-18-14-16-17(20-21(2)19-16)15-11-8-7-9-12-15/h7-9,11-12,18H,3-6,10,13-14H2,1-2H3. The molecule has 0 fully saturated rings. The Kier molecular flexibility index (Phi) is 6.41. The van der Waals surface area contributed by atoms with Crippen molar-refractivity contribution >= 4 is 0 Å². The molecule has 2 rings (SSSR count). The molecule has 1 N–H and O–H groups in total. The smallest absolute Gasteiger partial charge is 0.117 e. The lowest BCUT2D eigenvalue weighted by atomic mass is 10.1. The van der Waals surface area contributed by atoms with Crippen LogP contribution in [0.15, 0.2) is 30.3 Å². The molecular weight excluding hydrogens is 260 g/mol. The zero-order valence-corrected chi connectivity index (χ0v) is 13.2. The molecule has 2 aromatic rings. The topological polar surface area (TPSA) is 42.7 Å². The predicted octanol–water partition coefficient (Wildman–Crippen LogP) is 3.54. The number of benzene rings is 1. The van der Waals surface area contributed by atoms with Gasteiger partial charge in [-0.2, -0.15) is 15.0 Å². The summed E-state index contributed by atoms with van der Waals surface area (Å²) in [7, 11) is 1.88. The van der Waals surface area contributed by atoms with Crippen LogP contribution in [0.2, 0.25) is 0 Å². The van der Waals surface area contributed by atoms with Crippen molar-refractivity contribution < 1.29 is 0 Å². The number of nitrogens with one attached hydrogen (secondary N) is 1. The SMILES string of the molecule is CCCCCCCNCc1nn(C)nc1-c1ccccc1. The lowest BCUT2D eigenvalue weighted by molar-refractivity contribution is 0.574. The fourth-order valence-corrected chi connectivity index (χ4v) is 2.45. The van der Waals surface area contributed by atoms with Crippen LogP contribution in [0.1, 0.15) is 44.7 Å². The van der Waals surface area contributed by atoms with Gasteiger partial charge in [0, 0.05) is 19.2 Å². The van der Waals surface area contributed by atoms with E-state index in [1.54, 1.807) is 4.80 Å². The fraction of sp³-hybridized carbons (Fsp3) is 0.529. The maximum absolute atomic E-state index is 4.49. The number of aryl methyl sites for hydroxylation is 1. The molecule has 0 unspecified atom stereocenters. The third kappa shape index (κ3) is 4.97. The van der Waals surface area contributed by atoms with E-state index in [4.69, 9.17) is 0 Å². The maximum Gasteiger partial charge on any atom is 0.117 e. The highest BCUT2D eigenvalue weighted by molar-refractivity contribution is 5.60. The summed E-state index contributed by atoms with van der Waals surface area (Å²) in [5, 5.41) is 12.4. The van der Waals surface area contributed by atoms with Crippen LogP contribution in [0.25, 0.3) is 11.3 Å². The number of hydrogen-bond donors (Lipinski definition) is 1. The first-order chi connectivity index (χ1) is 10.3. The first-order valence-corrected chi connectivity index (χ1v) is 7.97. The highest BCUT2D eigenvalue weighted by Crippen LogP contribution is 2.19. The van der Waals surface area contributed by atoms with Crippen molar-refractivity contribution in [2.75, 3.05) is 6.54 Å². The number of rotatable bonds is 9. The Morgan fingerprint density at radius 1 is 1.00 bits per heavy atom. The minimum absolute atomic E-state index is 0.784. The molecule has 1 aromatic carbocycles. The van der Waals surface area contributed by atoms with E-state index in [1.807, 2.05) is 25.2 Å².